The lowest BCUT2D eigenvalue weighted by Crippen LogP contribution is -3.61. The van der Waals surface area contributed by atoms with Gasteiger partial charge in [-0.3, -0.25) is 0 Å². The molecule has 0 aromatic heterocycles. The largest absolute Gasteiger partial charge is 0.357 e. The molecule has 0 bridgehead atoms. The van der Waals surface area contributed by atoms with Gasteiger partial charge in [0.2, 0.25) is 0 Å². The van der Waals surface area contributed by atoms with E-state index in [1.807, 2.05) is 11.8 Å². The summed E-state index contributed by atoms with van der Waals surface area (Å²) in [4.78, 5) is 6.60. The van der Waals surface area contributed by atoms with Crippen molar-refractivity contribution in [3.8, 4) is 0 Å². The van der Waals surface area contributed by atoms with Gasteiger partial charge in [-0.25, -0.2) is 0 Å². The van der Waals surface area contributed by atoms with E-state index >= 15 is 0 Å². The molecule has 0 aliphatic heterocycles. The van der Waals surface area contributed by atoms with Gasteiger partial charge < -0.3 is 0 Å². The van der Waals surface area contributed by atoms with Crippen LogP contribution in [0.2, 0.25) is 0 Å². The maximum atomic E-state index is 2.30. The first-order valence-electron chi connectivity index (χ1n) is 11.2. The maximum Gasteiger partial charge on any atom is 0.357 e. The van der Waals surface area contributed by atoms with Gasteiger partial charge in [0.25, 0.3) is 0 Å². The number of rotatable bonds is 7. The molecule has 34 heavy (non-hydrogen) atoms. The van der Waals surface area contributed by atoms with Crippen LogP contribution in [0.25, 0.3) is 0 Å². The first-order valence-corrected chi connectivity index (χ1v) is 15.4. The van der Waals surface area contributed by atoms with Crippen molar-refractivity contribution in [3.05, 3.63) is 146 Å². The number of aryl methyl sites for hydroxylation is 1. The molecule has 0 spiro atoms. The summed E-state index contributed by atoms with van der Waals surface area (Å²) < 4.78 is 2.92. The summed E-state index contributed by atoms with van der Waals surface area (Å²) in [5.74, 6) is 0. The molecular formula is C31H25IS2+2. The lowest BCUT2D eigenvalue weighted by atomic mass is 10.2. The highest BCUT2D eigenvalue weighted by Gasteiger charge is 2.28. The lowest BCUT2D eigenvalue weighted by molar-refractivity contribution is -0.597. The predicted molar refractivity (Wildman–Crippen MR) is 141 cm³/mol. The van der Waals surface area contributed by atoms with Crippen LogP contribution in [0, 0.1) is 14.1 Å². The molecule has 0 N–H and O–H groups in total. The number of hydrogen-bond acceptors (Lipinski definition) is 1. The number of halogens is 1. The van der Waals surface area contributed by atoms with E-state index in [1.165, 1.54) is 37.2 Å². The molecule has 0 fully saturated rings. The Kier molecular flexibility index (Phi) is 7.74. The Balaban J connectivity index is 1.31. The van der Waals surface area contributed by atoms with Crippen molar-refractivity contribution >= 4 is 22.7 Å². The molecule has 5 rings (SSSR count). The minimum atomic E-state index is -0.123. The van der Waals surface area contributed by atoms with E-state index in [-0.39, 0.29) is 32.1 Å². The molecule has 0 unspecified atom stereocenters. The molecule has 166 valence electrons. The van der Waals surface area contributed by atoms with Crippen LogP contribution in [-0.2, 0) is 10.9 Å². The minimum absolute atomic E-state index is 0.0992. The van der Waals surface area contributed by atoms with Crippen molar-refractivity contribution in [3.63, 3.8) is 0 Å². The fraction of sp³-hybridized carbons (Fsp3) is 0.0323. The molecule has 0 nitrogen and oxygen atoms in total. The van der Waals surface area contributed by atoms with Crippen LogP contribution in [0.4, 0.5) is 0 Å². The summed E-state index contributed by atoms with van der Waals surface area (Å²) in [5.41, 5.74) is 1.32. The quantitative estimate of drug-likeness (QED) is 0.182. The Morgan fingerprint density at radius 2 is 0.882 bits per heavy atom. The zero-order chi connectivity index (χ0) is 23.2. The van der Waals surface area contributed by atoms with Crippen LogP contribution in [0.5, 0.6) is 0 Å². The van der Waals surface area contributed by atoms with E-state index in [4.69, 9.17) is 0 Å². The van der Waals surface area contributed by atoms with Crippen LogP contribution < -0.4 is 21.2 Å². The lowest BCUT2D eigenvalue weighted by Gasteiger charge is -2.08. The smallest absolute Gasteiger partial charge is 0.0901 e. The Bertz CT molecular complexity index is 1280. The van der Waals surface area contributed by atoms with Gasteiger partial charge >= 0.3 is 21.2 Å². The molecule has 3 heteroatoms. The topological polar surface area (TPSA) is 0 Å². The second kappa shape index (κ2) is 11.3. The summed E-state index contributed by atoms with van der Waals surface area (Å²) in [5, 5.41) is 0. The van der Waals surface area contributed by atoms with E-state index in [0.717, 1.165) is 0 Å². The molecule has 0 atom stereocenters. The van der Waals surface area contributed by atoms with Gasteiger partial charge in [0, 0.05) is 9.79 Å². The van der Waals surface area contributed by atoms with Crippen LogP contribution in [0.1, 0.15) is 5.56 Å². The van der Waals surface area contributed by atoms with E-state index < -0.39 is 0 Å². The van der Waals surface area contributed by atoms with E-state index in [0.29, 0.717) is 0 Å². The third kappa shape index (κ3) is 5.96. The van der Waals surface area contributed by atoms with Crippen molar-refractivity contribution in [2.75, 3.05) is 0 Å². The highest BCUT2D eigenvalue weighted by molar-refractivity contribution is 7.99. The summed E-state index contributed by atoms with van der Waals surface area (Å²) in [7, 11) is -0.0992. The van der Waals surface area contributed by atoms with Gasteiger partial charge in [0.15, 0.2) is 21.8 Å². The molecule has 5 aromatic carbocycles. The molecule has 0 heterocycles. The average molecular weight is 589 g/mol. The number of benzene rings is 5. The SMILES string of the molecule is Cc1ccc([I+]c2ccc(Sc3ccc([S+](c4ccccc4)c4ccccc4)cc3)cc2)cc1. The van der Waals surface area contributed by atoms with Gasteiger partial charge in [0.1, 0.15) is 0 Å². The van der Waals surface area contributed by atoms with Gasteiger partial charge in [0.05, 0.1) is 10.9 Å². The molecular weight excluding hydrogens is 563 g/mol. The summed E-state index contributed by atoms with van der Waals surface area (Å²) in [6.07, 6.45) is 0. The predicted octanol–water partition coefficient (Wildman–Crippen LogP) is 5.37. The summed E-state index contributed by atoms with van der Waals surface area (Å²) in [6, 6.07) is 48.8. The van der Waals surface area contributed by atoms with Crippen molar-refractivity contribution in [1.29, 1.82) is 0 Å². The van der Waals surface area contributed by atoms with Gasteiger partial charge in [-0.05, 0) is 91.9 Å². The number of hydrogen-bond donors (Lipinski definition) is 0. The first kappa shape index (κ1) is 23.3. The molecule has 0 saturated carbocycles. The average Bonchev–Trinajstić information content (AvgIpc) is 2.89. The maximum absolute atomic E-state index is 2.30. The molecule has 0 radical (unpaired) electrons. The summed E-state index contributed by atoms with van der Waals surface area (Å²) in [6.45, 7) is 2.14. The Labute approximate surface area is 220 Å². The fourth-order valence-corrected chi connectivity index (χ4v) is 8.65. The highest BCUT2D eigenvalue weighted by atomic mass is 127. The second-order valence-corrected chi connectivity index (χ2v) is 14.1. The van der Waals surface area contributed by atoms with E-state index in [2.05, 4.69) is 140 Å². The van der Waals surface area contributed by atoms with Crippen molar-refractivity contribution < 1.29 is 21.2 Å². The molecule has 5 aromatic rings. The Hall–Kier alpha value is -2.47. The van der Waals surface area contributed by atoms with Crippen LogP contribution in [-0.4, -0.2) is 0 Å². The van der Waals surface area contributed by atoms with Crippen molar-refractivity contribution in [2.45, 2.75) is 31.4 Å². The standard InChI is InChI=1S/C31H25IS2/c1-24-12-14-25(15-13-24)32-26-16-18-27(19-17-26)33-28-20-22-31(23-21-28)34(29-8-4-2-5-9-29)30-10-6-3-7-11-30/h2-23H,1H3/q+2. The third-order valence-corrected chi connectivity index (χ3v) is 11.2. The minimum Gasteiger partial charge on any atom is -0.0901 e. The van der Waals surface area contributed by atoms with Crippen molar-refractivity contribution in [2.24, 2.45) is 0 Å². The van der Waals surface area contributed by atoms with E-state index in [9.17, 15) is 0 Å². The van der Waals surface area contributed by atoms with Crippen LogP contribution in [0.15, 0.2) is 158 Å². The second-order valence-electron chi connectivity index (χ2n) is 7.85. The summed E-state index contributed by atoms with van der Waals surface area (Å²) >= 11 is 1.71. The highest BCUT2D eigenvalue weighted by Crippen LogP contribution is 2.33. The van der Waals surface area contributed by atoms with Gasteiger partial charge in [-0.15, -0.1) is 0 Å². The Morgan fingerprint density at radius 3 is 1.38 bits per heavy atom. The fourth-order valence-electron chi connectivity index (χ4n) is 3.59. The zero-order valence-corrected chi connectivity index (χ0v) is 22.7. The Morgan fingerprint density at radius 1 is 0.471 bits per heavy atom. The van der Waals surface area contributed by atoms with Gasteiger partial charge in [-0.1, -0.05) is 65.9 Å². The monoisotopic (exact) mass is 588 g/mol. The first-order chi connectivity index (χ1) is 16.7. The van der Waals surface area contributed by atoms with E-state index in [1.54, 1.807) is 0 Å². The molecule has 0 aliphatic rings. The van der Waals surface area contributed by atoms with Crippen LogP contribution in [0.3, 0.4) is 0 Å². The van der Waals surface area contributed by atoms with Crippen LogP contribution >= 0.6 is 11.8 Å². The third-order valence-electron chi connectivity index (χ3n) is 5.30. The zero-order valence-electron chi connectivity index (χ0n) is 18.9. The molecule has 0 saturated heterocycles. The van der Waals surface area contributed by atoms with Gasteiger partial charge in [-0.2, -0.15) is 0 Å². The normalized spacial score (nSPS) is 11.0. The molecule has 0 amide bonds. The van der Waals surface area contributed by atoms with Crippen molar-refractivity contribution in [1.82, 2.24) is 0 Å². The molecule has 0 aliphatic carbocycles.